The van der Waals surface area contributed by atoms with Crippen molar-refractivity contribution in [3.63, 3.8) is 0 Å². The molecule has 1 N–H and O–H groups in total. The molecule has 1 amide bonds. The third kappa shape index (κ3) is 5.47. The van der Waals surface area contributed by atoms with E-state index in [-0.39, 0.29) is 12.1 Å². The Kier molecular flexibility index (Phi) is 7.38. The van der Waals surface area contributed by atoms with Gasteiger partial charge in [-0.15, -0.1) is 0 Å². The molecular formula is C17H27N3O3. The van der Waals surface area contributed by atoms with Gasteiger partial charge in [0, 0.05) is 12.1 Å². The summed E-state index contributed by atoms with van der Waals surface area (Å²) in [6.45, 7) is 10.3. The van der Waals surface area contributed by atoms with Crippen molar-refractivity contribution in [2.45, 2.75) is 46.7 Å². The first-order valence-electron chi connectivity index (χ1n) is 7.84. The van der Waals surface area contributed by atoms with Crippen LogP contribution in [0.4, 0.5) is 10.5 Å². The molecule has 1 aromatic rings. The second-order valence-corrected chi connectivity index (χ2v) is 5.55. The lowest BCUT2D eigenvalue weighted by Gasteiger charge is -2.33. The SMILES string of the molecule is CCOC(=O)NC(=Nc1ccccc1OC)N(C(C)C)C(C)C. The summed E-state index contributed by atoms with van der Waals surface area (Å²) in [6.07, 6.45) is -0.521. The van der Waals surface area contributed by atoms with Gasteiger partial charge in [-0.05, 0) is 46.8 Å². The Morgan fingerprint density at radius 1 is 1.22 bits per heavy atom. The molecule has 0 aliphatic heterocycles. The average molecular weight is 321 g/mol. The van der Waals surface area contributed by atoms with Crippen molar-refractivity contribution >= 4 is 17.7 Å². The Balaban J connectivity index is 3.26. The molecule has 6 heteroatoms. The van der Waals surface area contributed by atoms with Gasteiger partial charge >= 0.3 is 6.09 Å². The van der Waals surface area contributed by atoms with Gasteiger partial charge in [0.2, 0.25) is 5.96 Å². The maximum atomic E-state index is 11.9. The molecule has 6 nitrogen and oxygen atoms in total. The van der Waals surface area contributed by atoms with E-state index in [0.717, 1.165) is 0 Å². The lowest BCUT2D eigenvalue weighted by atomic mass is 10.2. The Labute approximate surface area is 138 Å². The fourth-order valence-corrected chi connectivity index (χ4v) is 2.33. The molecule has 0 unspecified atom stereocenters. The van der Waals surface area contributed by atoms with E-state index >= 15 is 0 Å². The number of carbonyl (C=O) groups excluding carboxylic acids is 1. The molecule has 0 heterocycles. The number of para-hydroxylation sites is 2. The third-order valence-corrected chi connectivity index (χ3v) is 3.16. The van der Waals surface area contributed by atoms with E-state index in [2.05, 4.69) is 10.3 Å². The van der Waals surface area contributed by atoms with Crippen LogP contribution in [0.5, 0.6) is 5.75 Å². The van der Waals surface area contributed by atoms with E-state index in [1.54, 1.807) is 14.0 Å². The van der Waals surface area contributed by atoms with Crippen LogP contribution in [0.1, 0.15) is 34.6 Å². The van der Waals surface area contributed by atoms with Crippen LogP contribution in [-0.4, -0.2) is 42.8 Å². The molecule has 23 heavy (non-hydrogen) atoms. The number of amides is 1. The van der Waals surface area contributed by atoms with E-state index in [4.69, 9.17) is 9.47 Å². The largest absolute Gasteiger partial charge is 0.494 e. The number of alkyl carbamates (subject to hydrolysis) is 1. The molecule has 0 aliphatic rings. The minimum Gasteiger partial charge on any atom is -0.494 e. The Morgan fingerprint density at radius 3 is 2.35 bits per heavy atom. The molecule has 0 radical (unpaired) electrons. The van der Waals surface area contributed by atoms with E-state index in [9.17, 15) is 4.79 Å². The topological polar surface area (TPSA) is 63.2 Å². The predicted molar refractivity (Wildman–Crippen MR) is 92.4 cm³/mol. The first kappa shape index (κ1) is 18.8. The molecular weight excluding hydrogens is 294 g/mol. The number of hydrogen-bond donors (Lipinski definition) is 1. The lowest BCUT2D eigenvalue weighted by Crippen LogP contribution is -2.50. The Morgan fingerprint density at radius 2 is 1.83 bits per heavy atom. The number of aliphatic imine (C=N–C) groups is 1. The van der Waals surface area contributed by atoms with Gasteiger partial charge in [0.1, 0.15) is 11.4 Å². The molecule has 1 aromatic carbocycles. The van der Waals surface area contributed by atoms with Gasteiger partial charge < -0.3 is 14.4 Å². The van der Waals surface area contributed by atoms with Crippen LogP contribution in [0.2, 0.25) is 0 Å². The number of ether oxygens (including phenoxy) is 2. The summed E-state index contributed by atoms with van der Waals surface area (Å²) in [5.41, 5.74) is 0.646. The Bertz CT molecular complexity index is 534. The van der Waals surface area contributed by atoms with Crippen LogP contribution in [0.15, 0.2) is 29.3 Å². The summed E-state index contributed by atoms with van der Waals surface area (Å²) in [5, 5.41) is 2.74. The fraction of sp³-hybridized carbons (Fsp3) is 0.529. The third-order valence-electron chi connectivity index (χ3n) is 3.16. The highest BCUT2D eigenvalue weighted by molar-refractivity contribution is 5.95. The van der Waals surface area contributed by atoms with Crippen molar-refractivity contribution in [2.24, 2.45) is 4.99 Å². The van der Waals surface area contributed by atoms with Gasteiger partial charge in [-0.2, -0.15) is 0 Å². The summed E-state index contributed by atoms with van der Waals surface area (Å²) < 4.78 is 10.3. The van der Waals surface area contributed by atoms with Crippen LogP contribution in [0.3, 0.4) is 0 Å². The zero-order valence-corrected chi connectivity index (χ0v) is 14.8. The van der Waals surface area contributed by atoms with E-state index in [0.29, 0.717) is 24.0 Å². The summed E-state index contributed by atoms with van der Waals surface area (Å²) in [6, 6.07) is 7.73. The van der Waals surface area contributed by atoms with Gasteiger partial charge in [0.25, 0.3) is 0 Å². The number of methoxy groups -OCH3 is 1. The van der Waals surface area contributed by atoms with Crippen molar-refractivity contribution in [1.29, 1.82) is 0 Å². The van der Waals surface area contributed by atoms with Crippen LogP contribution in [-0.2, 0) is 4.74 Å². The summed E-state index contributed by atoms with van der Waals surface area (Å²) in [4.78, 5) is 18.5. The molecule has 128 valence electrons. The summed E-state index contributed by atoms with van der Waals surface area (Å²) in [7, 11) is 1.59. The minimum absolute atomic E-state index is 0.158. The maximum Gasteiger partial charge on any atom is 0.413 e. The van der Waals surface area contributed by atoms with Crippen molar-refractivity contribution < 1.29 is 14.3 Å². The maximum absolute atomic E-state index is 11.9. The van der Waals surface area contributed by atoms with Gasteiger partial charge in [-0.25, -0.2) is 9.79 Å². The predicted octanol–water partition coefficient (Wildman–Crippen LogP) is 3.55. The summed E-state index contributed by atoms with van der Waals surface area (Å²) in [5.74, 6) is 1.08. The van der Waals surface area contributed by atoms with E-state index in [1.807, 2.05) is 56.9 Å². The van der Waals surface area contributed by atoms with Crippen molar-refractivity contribution in [2.75, 3.05) is 13.7 Å². The Hall–Kier alpha value is -2.24. The second kappa shape index (κ2) is 9.02. The van der Waals surface area contributed by atoms with Gasteiger partial charge in [-0.1, -0.05) is 12.1 Å². The molecule has 0 atom stereocenters. The number of rotatable bonds is 5. The molecule has 0 aliphatic carbocycles. The highest BCUT2D eigenvalue weighted by Crippen LogP contribution is 2.27. The highest BCUT2D eigenvalue weighted by atomic mass is 16.5. The molecule has 0 fully saturated rings. The van der Waals surface area contributed by atoms with Crippen LogP contribution in [0.25, 0.3) is 0 Å². The number of nitrogens with zero attached hydrogens (tertiary/aromatic N) is 2. The monoisotopic (exact) mass is 321 g/mol. The van der Waals surface area contributed by atoms with Crippen LogP contribution >= 0.6 is 0 Å². The fourth-order valence-electron chi connectivity index (χ4n) is 2.33. The lowest BCUT2D eigenvalue weighted by molar-refractivity contribution is 0.155. The minimum atomic E-state index is -0.521. The quantitative estimate of drug-likeness (QED) is 0.665. The highest BCUT2D eigenvalue weighted by Gasteiger charge is 2.21. The van der Waals surface area contributed by atoms with Crippen LogP contribution < -0.4 is 10.1 Å². The van der Waals surface area contributed by atoms with Crippen molar-refractivity contribution in [3.8, 4) is 5.75 Å². The van der Waals surface area contributed by atoms with E-state index in [1.165, 1.54) is 0 Å². The summed E-state index contributed by atoms with van der Waals surface area (Å²) >= 11 is 0. The zero-order chi connectivity index (χ0) is 17.4. The van der Waals surface area contributed by atoms with Crippen molar-refractivity contribution in [1.82, 2.24) is 10.2 Å². The molecule has 0 aromatic heterocycles. The molecule has 0 saturated carbocycles. The first-order valence-corrected chi connectivity index (χ1v) is 7.84. The van der Waals surface area contributed by atoms with E-state index < -0.39 is 6.09 Å². The first-order chi connectivity index (χ1) is 10.9. The smallest absolute Gasteiger partial charge is 0.413 e. The van der Waals surface area contributed by atoms with Crippen molar-refractivity contribution in [3.05, 3.63) is 24.3 Å². The second-order valence-electron chi connectivity index (χ2n) is 5.55. The molecule has 0 bridgehead atoms. The number of guanidine groups is 1. The number of benzene rings is 1. The number of nitrogens with one attached hydrogen (secondary N) is 1. The number of carbonyl (C=O) groups is 1. The average Bonchev–Trinajstić information content (AvgIpc) is 2.47. The normalized spacial score (nSPS) is 11.6. The standard InChI is InChI=1S/C17H27N3O3/c1-7-23-17(21)19-16(20(12(2)3)13(4)5)18-14-10-8-9-11-15(14)22-6/h8-13H,7H2,1-6H3,(H,18,19,21). The van der Waals surface area contributed by atoms with Crippen LogP contribution in [0, 0.1) is 0 Å². The van der Waals surface area contributed by atoms with Gasteiger partial charge in [-0.3, -0.25) is 5.32 Å². The molecule has 1 rings (SSSR count). The molecule has 0 saturated heterocycles. The molecule has 0 spiro atoms. The number of hydrogen-bond acceptors (Lipinski definition) is 4. The van der Waals surface area contributed by atoms with Gasteiger partial charge in [0.15, 0.2) is 0 Å². The zero-order valence-electron chi connectivity index (χ0n) is 14.8. The van der Waals surface area contributed by atoms with Gasteiger partial charge in [0.05, 0.1) is 13.7 Å².